The van der Waals surface area contributed by atoms with Crippen molar-refractivity contribution in [1.29, 1.82) is 0 Å². The molecule has 0 aliphatic carbocycles. The molecule has 4 aliphatic heterocycles. The van der Waals surface area contributed by atoms with Crippen LogP contribution in [0.2, 0.25) is 0 Å². The van der Waals surface area contributed by atoms with Crippen molar-refractivity contribution in [2.45, 2.75) is 202 Å². The normalized spacial score (nSPS) is 21.9. The summed E-state index contributed by atoms with van der Waals surface area (Å²) in [6.45, 7) is 5.19. The monoisotopic (exact) mass is 1270 g/mol. The SMILES string of the molecule is CC(C)C[C@H](NC(=O)[C@H](CC(=O)O)NC(=O)[C@@H]1CCCN1C(=O)[C@@H]1CCCN1C(=O)[C@@H]1CCCN1C(=O)[C@H](CO)NC(=O)[C@@H](N)CO)C(=O)N[C@H](C(=O)N[C@H](C(=O)N[C@@H](CCCN=C(N)N)C(=O)N[C@H](C(=O)N1CCC[C@H]1C(=O)O)[C@@H](C)O)[C@@H](C)O)[C@@H](C)O. The van der Waals surface area contributed by atoms with Gasteiger partial charge in [-0.25, -0.2) is 4.79 Å². The number of hydrogen-bond donors (Lipinski definition) is 17. The lowest BCUT2D eigenvalue weighted by Gasteiger charge is -2.35. The summed E-state index contributed by atoms with van der Waals surface area (Å²) in [4.78, 5) is 185. The molecule has 0 bridgehead atoms. The van der Waals surface area contributed by atoms with Gasteiger partial charge in [-0.05, 0) is 97.3 Å². The maximum atomic E-state index is 14.4. The Morgan fingerprint density at radius 3 is 1.42 bits per heavy atom. The molecule has 4 aliphatic rings. The van der Waals surface area contributed by atoms with E-state index in [9.17, 15) is 98.1 Å². The van der Waals surface area contributed by atoms with Crippen LogP contribution in [0.15, 0.2) is 4.99 Å². The maximum Gasteiger partial charge on any atom is 0.326 e. The average molecular weight is 1270 g/mol. The second kappa shape index (κ2) is 34.2. The fourth-order valence-electron chi connectivity index (χ4n) is 11.1. The second-order valence-electron chi connectivity index (χ2n) is 23.2. The van der Waals surface area contributed by atoms with Crippen LogP contribution in [0.3, 0.4) is 0 Å². The number of nitrogens with two attached hydrogens (primary N) is 3. The highest BCUT2D eigenvalue weighted by Gasteiger charge is 2.48. The number of nitrogens with one attached hydrogen (secondary N) is 7. The molecule has 0 spiro atoms. The summed E-state index contributed by atoms with van der Waals surface area (Å²) in [7, 11) is 0. The van der Waals surface area contributed by atoms with E-state index in [0.717, 1.165) is 18.7 Å². The lowest BCUT2D eigenvalue weighted by atomic mass is 10.0. The molecule has 4 saturated heterocycles. The van der Waals surface area contributed by atoms with Crippen LogP contribution in [0.1, 0.15) is 112 Å². The molecule has 0 radical (unpaired) electrons. The maximum absolute atomic E-state index is 14.4. The number of guanidine groups is 1. The summed E-state index contributed by atoms with van der Waals surface area (Å²) in [5.41, 5.74) is 16.4. The highest BCUT2D eigenvalue weighted by molar-refractivity contribution is 6.00. The number of aliphatic carboxylic acids is 2. The molecule has 4 fully saturated rings. The van der Waals surface area contributed by atoms with Gasteiger partial charge in [0.2, 0.25) is 65.0 Å². The van der Waals surface area contributed by atoms with Gasteiger partial charge in [0.15, 0.2) is 5.96 Å². The summed E-state index contributed by atoms with van der Waals surface area (Å²) in [6.07, 6.45) is -4.67. The molecular formula is C54H89N15O20. The standard InChI is InChI=1S/C54H89N15O20/c1-25(2)21-31(45(80)63-40(27(4)73)48(83)64-39(26(3)72)47(82)59-30(11-6-16-58-54(56)57)43(78)65-41(28(5)74)52(87)69-20-10-15-37(69)53(88)89)60-44(79)32(22-38(75)76)61-46(81)34-12-7-17-66(34)50(85)36-14-9-19-68(36)51(86)35-13-8-18-67(35)49(84)33(24-71)62-42(77)29(55)23-70/h25-37,39-41,70-74H,6-24,55H2,1-5H3,(H,59,82)(H,60,79)(H,61,81)(H,62,77)(H,63,80)(H,64,83)(H,65,78)(H,75,76)(H,88,89)(H4,56,57,58)/t26-,27-,28-,29+,30+,31+,32+,33+,34+,35+,36+,37+,39+,40+,41+/m1/s1. The van der Waals surface area contributed by atoms with Crippen molar-refractivity contribution in [1.82, 2.24) is 56.8 Å². The zero-order valence-electron chi connectivity index (χ0n) is 50.6. The molecule has 4 rings (SSSR count). The average Bonchev–Trinajstić information content (AvgIpc) is 2.05. The van der Waals surface area contributed by atoms with Gasteiger partial charge < -0.3 is 110 Å². The highest BCUT2D eigenvalue weighted by atomic mass is 16.4. The number of amides is 11. The molecule has 20 N–H and O–H groups in total. The number of carbonyl (C=O) groups is 13. The Morgan fingerprint density at radius 2 is 0.921 bits per heavy atom. The van der Waals surface area contributed by atoms with Crippen molar-refractivity contribution in [2.24, 2.45) is 28.1 Å². The number of hydrogen-bond acceptors (Lipinski definition) is 20. The Hall–Kier alpha value is -7.86. The summed E-state index contributed by atoms with van der Waals surface area (Å²) in [5, 5.41) is 87.4. The first-order chi connectivity index (χ1) is 41.8. The van der Waals surface area contributed by atoms with Gasteiger partial charge in [-0.1, -0.05) is 13.8 Å². The van der Waals surface area contributed by atoms with Crippen LogP contribution in [0, 0.1) is 5.92 Å². The number of aliphatic imine (C=N–C) groups is 1. The van der Waals surface area contributed by atoms with Gasteiger partial charge in [0, 0.05) is 32.7 Å². The number of likely N-dealkylation sites (tertiary alicyclic amines) is 4. The van der Waals surface area contributed by atoms with E-state index in [1.54, 1.807) is 13.8 Å². The van der Waals surface area contributed by atoms with Crippen molar-refractivity contribution in [3.8, 4) is 0 Å². The fourth-order valence-corrected chi connectivity index (χ4v) is 11.1. The Bertz CT molecular complexity index is 2610. The number of nitrogens with zero attached hydrogens (tertiary/aromatic N) is 5. The summed E-state index contributed by atoms with van der Waals surface area (Å²) in [6, 6.07) is -18.2. The van der Waals surface area contributed by atoms with E-state index in [1.165, 1.54) is 21.6 Å². The Labute approximate surface area is 513 Å². The first-order valence-electron chi connectivity index (χ1n) is 29.7. The number of carboxylic acid groups (broad SMARTS) is 2. The number of rotatable bonds is 32. The zero-order chi connectivity index (χ0) is 66.7. The lowest BCUT2D eigenvalue weighted by molar-refractivity contribution is -0.151. The van der Waals surface area contributed by atoms with Crippen LogP contribution in [-0.4, -0.2) is 275 Å². The van der Waals surface area contributed by atoms with Crippen LogP contribution in [0.5, 0.6) is 0 Å². The third-order valence-electron chi connectivity index (χ3n) is 15.7. The quantitative estimate of drug-likeness (QED) is 0.0169. The highest BCUT2D eigenvalue weighted by Crippen LogP contribution is 2.29. The molecule has 35 heteroatoms. The first kappa shape index (κ1) is 73.6. The van der Waals surface area contributed by atoms with Gasteiger partial charge in [0.05, 0.1) is 37.9 Å². The Kier molecular flexibility index (Phi) is 28.3. The largest absolute Gasteiger partial charge is 0.481 e. The molecule has 35 nitrogen and oxygen atoms in total. The van der Waals surface area contributed by atoms with E-state index in [-0.39, 0.29) is 90.0 Å². The van der Waals surface area contributed by atoms with Crippen molar-refractivity contribution < 1.29 is 98.1 Å². The zero-order valence-corrected chi connectivity index (χ0v) is 50.6. The predicted molar refractivity (Wildman–Crippen MR) is 309 cm³/mol. The van der Waals surface area contributed by atoms with Gasteiger partial charge in [0.1, 0.15) is 72.5 Å². The van der Waals surface area contributed by atoms with Crippen LogP contribution >= 0.6 is 0 Å². The number of carboxylic acids is 2. The van der Waals surface area contributed by atoms with Crippen molar-refractivity contribution >= 4 is 82.9 Å². The molecule has 4 heterocycles. The summed E-state index contributed by atoms with van der Waals surface area (Å²) < 4.78 is 0. The van der Waals surface area contributed by atoms with E-state index in [2.05, 4.69) is 42.2 Å². The third-order valence-corrected chi connectivity index (χ3v) is 15.7. The minimum Gasteiger partial charge on any atom is -0.481 e. The minimum absolute atomic E-state index is 0.0135. The molecule has 0 aromatic rings. The molecule has 0 aromatic heterocycles. The van der Waals surface area contributed by atoms with Crippen LogP contribution in [0.25, 0.3) is 0 Å². The third kappa shape index (κ3) is 20.3. The fraction of sp³-hybridized carbons (Fsp3) is 0.741. The van der Waals surface area contributed by atoms with Crippen molar-refractivity contribution in [3.63, 3.8) is 0 Å². The molecule has 0 unspecified atom stereocenters. The molecule has 15 atom stereocenters. The molecule has 89 heavy (non-hydrogen) atoms. The van der Waals surface area contributed by atoms with Gasteiger partial charge >= 0.3 is 11.9 Å². The molecular weight excluding hydrogens is 1180 g/mol. The number of aliphatic hydroxyl groups is 5. The topological polar surface area (TPSA) is 551 Å². The van der Waals surface area contributed by atoms with E-state index in [4.69, 9.17) is 17.2 Å². The van der Waals surface area contributed by atoms with Gasteiger partial charge in [0.25, 0.3) is 0 Å². The van der Waals surface area contributed by atoms with Crippen LogP contribution in [-0.2, 0) is 62.3 Å². The van der Waals surface area contributed by atoms with Gasteiger partial charge in [-0.3, -0.25) is 62.5 Å². The van der Waals surface area contributed by atoms with E-state index < -0.39 is 193 Å². The second-order valence-corrected chi connectivity index (χ2v) is 23.2. The molecule has 0 aromatic carbocycles. The van der Waals surface area contributed by atoms with E-state index in [0.29, 0.717) is 19.3 Å². The Morgan fingerprint density at radius 1 is 0.494 bits per heavy atom. The summed E-state index contributed by atoms with van der Waals surface area (Å²) >= 11 is 0. The number of carbonyl (C=O) groups excluding carboxylic acids is 11. The van der Waals surface area contributed by atoms with Gasteiger partial charge in [-0.2, -0.15) is 0 Å². The van der Waals surface area contributed by atoms with Crippen molar-refractivity contribution in [2.75, 3.05) is 45.9 Å². The van der Waals surface area contributed by atoms with Crippen LogP contribution < -0.4 is 54.4 Å². The lowest BCUT2D eigenvalue weighted by Crippen LogP contribution is -2.63. The van der Waals surface area contributed by atoms with E-state index >= 15 is 0 Å². The van der Waals surface area contributed by atoms with Crippen LogP contribution in [0.4, 0.5) is 0 Å². The number of aliphatic hydroxyl groups excluding tert-OH is 5. The minimum atomic E-state index is -1.94. The Balaban J connectivity index is 1.48. The molecule has 500 valence electrons. The smallest absolute Gasteiger partial charge is 0.326 e. The molecule has 11 amide bonds. The predicted octanol–water partition coefficient (Wildman–Crippen LogP) is -8.54. The van der Waals surface area contributed by atoms with Gasteiger partial charge in [-0.15, -0.1) is 0 Å². The molecule has 0 saturated carbocycles. The van der Waals surface area contributed by atoms with Crippen molar-refractivity contribution in [3.05, 3.63) is 0 Å². The first-order valence-corrected chi connectivity index (χ1v) is 29.7. The summed E-state index contributed by atoms with van der Waals surface area (Å²) in [5.74, 6) is -14.2. The van der Waals surface area contributed by atoms with E-state index in [1.807, 2.05) is 0 Å².